The average Bonchev–Trinajstić information content (AvgIpc) is 3.84. The van der Waals surface area contributed by atoms with Crippen LogP contribution in [0.4, 0.5) is 0 Å². The van der Waals surface area contributed by atoms with Gasteiger partial charge in [0.15, 0.2) is 0 Å². The Hall–Kier alpha value is -5.36. The molecule has 0 saturated carbocycles. The maximum absolute atomic E-state index is 5.33. The summed E-state index contributed by atoms with van der Waals surface area (Å²) >= 11 is 0. The molecule has 310 valence electrons. The van der Waals surface area contributed by atoms with Crippen molar-refractivity contribution in [3.63, 3.8) is 0 Å². The van der Waals surface area contributed by atoms with Crippen molar-refractivity contribution in [3.05, 3.63) is 143 Å². The summed E-state index contributed by atoms with van der Waals surface area (Å²) in [5.74, 6) is 2.39. The SMILES string of the molecule is CCCCc1nc2c(CCCCCCCCCCCCc3nc4ccccc4c4c3nc(CCCC)n4Cc3ccccc3)nc3ccccc3c2n1Cc1ccccc1. The average molecular weight is 797 g/mol. The first-order valence-electron chi connectivity index (χ1n) is 23.3. The van der Waals surface area contributed by atoms with Crippen molar-refractivity contribution in [3.8, 4) is 0 Å². The molecule has 0 unspecified atom stereocenters. The van der Waals surface area contributed by atoms with Crippen molar-refractivity contribution in [1.29, 1.82) is 0 Å². The molecule has 8 rings (SSSR count). The second-order valence-corrected chi connectivity index (χ2v) is 17.0. The lowest BCUT2D eigenvalue weighted by molar-refractivity contribution is 0.550. The molecule has 0 bridgehead atoms. The Morgan fingerprint density at radius 3 is 1.13 bits per heavy atom. The summed E-state index contributed by atoms with van der Waals surface area (Å²) in [5, 5.41) is 2.43. The minimum absolute atomic E-state index is 0.844. The Morgan fingerprint density at radius 1 is 0.367 bits per heavy atom. The number of rotatable bonds is 23. The van der Waals surface area contributed by atoms with E-state index in [1.807, 2.05) is 0 Å². The molecule has 0 amide bonds. The molecule has 0 fully saturated rings. The molecule has 8 aromatic rings. The number of unbranched alkanes of at least 4 members (excludes halogenated alkanes) is 11. The highest BCUT2D eigenvalue weighted by molar-refractivity contribution is 6.04. The van der Waals surface area contributed by atoms with Gasteiger partial charge in [-0.3, -0.25) is 9.97 Å². The molecule has 60 heavy (non-hydrogen) atoms. The predicted molar refractivity (Wildman–Crippen MR) is 252 cm³/mol. The highest BCUT2D eigenvalue weighted by Gasteiger charge is 2.20. The van der Waals surface area contributed by atoms with Gasteiger partial charge in [-0.2, -0.15) is 0 Å². The van der Waals surface area contributed by atoms with E-state index in [0.29, 0.717) is 0 Å². The fourth-order valence-electron chi connectivity index (χ4n) is 9.16. The van der Waals surface area contributed by atoms with Gasteiger partial charge in [-0.25, -0.2) is 9.97 Å². The van der Waals surface area contributed by atoms with Crippen LogP contribution < -0.4 is 0 Å². The molecule has 0 aliphatic carbocycles. The Balaban J connectivity index is 0.822. The van der Waals surface area contributed by atoms with E-state index in [-0.39, 0.29) is 0 Å². The maximum Gasteiger partial charge on any atom is 0.111 e. The van der Waals surface area contributed by atoms with Gasteiger partial charge in [0, 0.05) is 36.7 Å². The summed E-state index contributed by atoms with van der Waals surface area (Å²) in [6, 6.07) is 39.0. The molecule has 4 aromatic heterocycles. The molecule has 0 radical (unpaired) electrons. The van der Waals surface area contributed by atoms with E-state index < -0.39 is 0 Å². The van der Waals surface area contributed by atoms with E-state index in [9.17, 15) is 0 Å². The van der Waals surface area contributed by atoms with Crippen LogP contribution >= 0.6 is 0 Å². The molecule has 0 N–H and O–H groups in total. The van der Waals surface area contributed by atoms with Gasteiger partial charge in [-0.05, 0) is 61.8 Å². The van der Waals surface area contributed by atoms with Crippen molar-refractivity contribution in [2.24, 2.45) is 0 Å². The van der Waals surface area contributed by atoms with Crippen LogP contribution in [0.2, 0.25) is 0 Å². The number of nitrogens with zero attached hydrogens (tertiary/aromatic N) is 6. The highest BCUT2D eigenvalue weighted by Crippen LogP contribution is 2.32. The molecule has 6 heteroatoms. The molecule has 0 spiro atoms. The quantitative estimate of drug-likeness (QED) is 0.0605. The fraction of sp³-hybridized carbons (Fsp3) is 0.407. The third-order valence-corrected chi connectivity index (χ3v) is 12.4. The van der Waals surface area contributed by atoms with Crippen LogP contribution in [0.15, 0.2) is 109 Å². The number of aromatic nitrogens is 6. The van der Waals surface area contributed by atoms with Crippen LogP contribution in [0.25, 0.3) is 43.9 Å². The van der Waals surface area contributed by atoms with Crippen LogP contribution in [0.5, 0.6) is 0 Å². The van der Waals surface area contributed by atoms with Crippen LogP contribution in [0.3, 0.4) is 0 Å². The molecule has 4 aromatic carbocycles. The molecule has 4 heterocycles. The first kappa shape index (κ1) is 41.4. The second-order valence-electron chi connectivity index (χ2n) is 17.0. The lowest BCUT2D eigenvalue weighted by atomic mass is 10.0. The predicted octanol–water partition coefficient (Wildman–Crippen LogP) is 14.0. The number of benzene rings is 4. The summed E-state index contributed by atoms with van der Waals surface area (Å²) < 4.78 is 4.97. The summed E-state index contributed by atoms with van der Waals surface area (Å²) in [7, 11) is 0. The number of imidazole rings is 2. The number of fused-ring (bicyclic) bond motifs is 6. The minimum Gasteiger partial charge on any atom is -0.323 e. The first-order chi connectivity index (χ1) is 29.7. The van der Waals surface area contributed by atoms with Crippen molar-refractivity contribution >= 4 is 43.9 Å². The largest absolute Gasteiger partial charge is 0.323 e. The molecular weight excluding hydrogens is 733 g/mol. The van der Waals surface area contributed by atoms with E-state index in [1.165, 1.54) is 107 Å². The van der Waals surface area contributed by atoms with E-state index in [2.05, 4.69) is 132 Å². The van der Waals surface area contributed by atoms with Gasteiger partial charge >= 0.3 is 0 Å². The Morgan fingerprint density at radius 2 is 0.733 bits per heavy atom. The normalized spacial score (nSPS) is 11.8. The van der Waals surface area contributed by atoms with E-state index in [1.54, 1.807) is 0 Å². The smallest absolute Gasteiger partial charge is 0.111 e. The van der Waals surface area contributed by atoms with Gasteiger partial charge in [-0.1, -0.05) is 175 Å². The highest BCUT2D eigenvalue weighted by atomic mass is 15.1. The van der Waals surface area contributed by atoms with Gasteiger partial charge in [0.05, 0.1) is 33.5 Å². The lowest BCUT2D eigenvalue weighted by Crippen LogP contribution is -2.06. The minimum atomic E-state index is 0.844. The third kappa shape index (κ3) is 9.81. The summed E-state index contributed by atoms with van der Waals surface area (Å²) in [5.41, 5.74) is 11.9. The number of pyridine rings is 2. The summed E-state index contributed by atoms with van der Waals surface area (Å²) in [6.07, 6.45) is 21.3. The summed E-state index contributed by atoms with van der Waals surface area (Å²) in [4.78, 5) is 21.1. The zero-order chi connectivity index (χ0) is 40.9. The first-order valence-corrected chi connectivity index (χ1v) is 23.3. The van der Waals surface area contributed by atoms with E-state index in [0.717, 1.165) is 99.4 Å². The van der Waals surface area contributed by atoms with Gasteiger partial charge in [0.25, 0.3) is 0 Å². The fourth-order valence-corrected chi connectivity index (χ4v) is 9.16. The molecule has 0 atom stereocenters. The molecular formula is C54H64N6. The molecule has 0 aliphatic heterocycles. The molecule has 6 nitrogen and oxygen atoms in total. The lowest BCUT2D eigenvalue weighted by Gasteiger charge is -2.12. The third-order valence-electron chi connectivity index (χ3n) is 12.4. The maximum atomic E-state index is 5.33. The van der Waals surface area contributed by atoms with Crippen LogP contribution in [-0.4, -0.2) is 29.1 Å². The standard InChI is InChI=1S/C54H64N6/c1-3-5-37-49-57-51-47(55-45-33-25-23-31-43(45)53(51)59(49)39-41-27-17-15-18-28-41)35-21-13-11-9-7-8-10-12-14-22-36-48-52-54(44-32-24-26-34-46(44)56-48)60(50(58-52)38-6-4-2)40-42-29-19-16-20-30-42/h15-20,23-34H,3-14,21-22,35-40H2,1-2H3. The van der Waals surface area contributed by atoms with E-state index in [4.69, 9.17) is 19.9 Å². The topological polar surface area (TPSA) is 61.4 Å². The van der Waals surface area contributed by atoms with Crippen molar-refractivity contribution in [2.75, 3.05) is 0 Å². The van der Waals surface area contributed by atoms with Gasteiger partial charge in [0.1, 0.15) is 22.7 Å². The van der Waals surface area contributed by atoms with E-state index >= 15 is 0 Å². The molecule has 0 saturated heterocycles. The van der Waals surface area contributed by atoms with Crippen molar-refractivity contribution in [2.45, 2.75) is 143 Å². The Bertz CT molecular complexity index is 2400. The van der Waals surface area contributed by atoms with Crippen molar-refractivity contribution < 1.29 is 0 Å². The Labute approximate surface area is 357 Å². The zero-order valence-electron chi connectivity index (χ0n) is 36.2. The number of hydrogen-bond acceptors (Lipinski definition) is 4. The Kier molecular flexibility index (Phi) is 14.3. The van der Waals surface area contributed by atoms with Gasteiger partial charge in [-0.15, -0.1) is 0 Å². The van der Waals surface area contributed by atoms with Crippen LogP contribution in [-0.2, 0) is 38.8 Å². The number of para-hydroxylation sites is 2. The summed E-state index contributed by atoms with van der Waals surface area (Å²) in [6.45, 7) is 6.22. The van der Waals surface area contributed by atoms with Gasteiger partial charge in [0.2, 0.25) is 0 Å². The molecule has 0 aliphatic rings. The van der Waals surface area contributed by atoms with Gasteiger partial charge < -0.3 is 9.13 Å². The number of hydrogen-bond donors (Lipinski definition) is 0. The second kappa shape index (κ2) is 20.7. The number of aryl methyl sites for hydroxylation is 4. The monoisotopic (exact) mass is 797 g/mol. The zero-order valence-corrected chi connectivity index (χ0v) is 36.2. The van der Waals surface area contributed by atoms with Crippen molar-refractivity contribution in [1.82, 2.24) is 29.1 Å². The van der Waals surface area contributed by atoms with Crippen LogP contribution in [0, 0.1) is 0 Å². The van der Waals surface area contributed by atoms with Crippen LogP contribution in [0.1, 0.15) is 138 Å².